The third kappa shape index (κ3) is 7.54. The molecule has 1 heterocycles. The molecule has 0 bridgehead atoms. The van der Waals surface area contributed by atoms with Crippen molar-refractivity contribution >= 4 is 50.3 Å². The summed E-state index contributed by atoms with van der Waals surface area (Å²) in [7, 11) is -5.52. The zero-order valence-corrected chi connectivity index (χ0v) is 24.0. The zero-order valence-electron chi connectivity index (χ0n) is 22.4. The number of alkyl halides is 3. The molecule has 2 aliphatic rings. The van der Waals surface area contributed by atoms with Crippen molar-refractivity contribution in [3.05, 3.63) is 94.4 Å². The lowest BCUT2D eigenvalue weighted by Crippen LogP contribution is -2.29. The Labute approximate surface area is 246 Å². The summed E-state index contributed by atoms with van der Waals surface area (Å²) in [4.78, 5) is 17.1. The monoisotopic (exact) mass is 615 g/mol. The van der Waals surface area contributed by atoms with E-state index < -0.39 is 15.5 Å². The molecule has 0 atom stereocenters. The number of nitrogens with one attached hydrogen (secondary N) is 2. The maximum Gasteiger partial charge on any atom is 0.516 e. The number of halogens is 3. The molecular formula is C30H28F3N3O4S2. The summed E-state index contributed by atoms with van der Waals surface area (Å²) in [6.45, 7) is 0.457. The van der Waals surface area contributed by atoms with Crippen molar-refractivity contribution in [2.75, 3.05) is 4.72 Å². The van der Waals surface area contributed by atoms with Crippen LogP contribution < -0.4 is 14.8 Å². The minimum atomic E-state index is -5.52. The van der Waals surface area contributed by atoms with Crippen LogP contribution in [0.2, 0.25) is 0 Å². The highest BCUT2D eigenvalue weighted by Crippen LogP contribution is 2.33. The average Bonchev–Trinajstić information content (AvgIpc) is 3.31. The Morgan fingerprint density at radius 1 is 0.952 bits per heavy atom. The van der Waals surface area contributed by atoms with Gasteiger partial charge in [0.15, 0.2) is 5.17 Å². The van der Waals surface area contributed by atoms with E-state index >= 15 is 0 Å². The van der Waals surface area contributed by atoms with Gasteiger partial charge in [0.2, 0.25) is 0 Å². The predicted octanol–water partition coefficient (Wildman–Crippen LogP) is 7.47. The smallest absolute Gasteiger partial charge is 0.489 e. The molecule has 0 aromatic heterocycles. The van der Waals surface area contributed by atoms with E-state index in [1.807, 2.05) is 24.3 Å². The molecule has 2 N–H and O–H groups in total. The van der Waals surface area contributed by atoms with Gasteiger partial charge in [-0.2, -0.15) is 21.6 Å². The number of carbonyl (C=O) groups is 1. The highest BCUT2D eigenvalue weighted by atomic mass is 32.2. The quantitative estimate of drug-likeness (QED) is 0.256. The van der Waals surface area contributed by atoms with Gasteiger partial charge in [-0.05, 0) is 89.7 Å². The van der Waals surface area contributed by atoms with E-state index in [-0.39, 0.29) is 16.8 Å². The molecule has 0 spiro atoms. The second kappa shape index (κ2) is 12.6. The Morgan fingerprint density at radius 3 is 2.26 bits per heavy atom. The van der Waals surface area contributed by atoms with Gasteiger partial charge < -0.3 is 10.1 Å². The minimum Gasteiger partial charge on any atom is -0.489 e. The molecule has 0 radical (unpaired) electrons. The van der Waals surface area contributed by atoms with E-state index in [1.54, 1.807) is 6.08 Å². The minimum absolute atomic E-state index is 0.264. The molecule has 2 fully saturated rings. The summed E-state index contributed by atoms with van der Waals surface area (Å²) in [5, 5.41) is 2.92. The lowest BCUT2D eigenvalue weighted by atomic mass is 9.84. The first-order valence-electron chi connectivity index (χ1n) is 13.4. The van der Waals surface area contributed by atoms with E-state index in [9.17, 15) is 26.4 Å². The Bertz CT molecular complexity index is 1580. The highest BCUT2D eigenvalue weighted by Gasteiger charge is 2.46. The van der Waals surface area contributed by atoms with Crippen molar-refractivity contribution in [2.45, 2.75) is 50.1 Å². The second-order valence-corrected chi connectivity index (χ2v) is 12.7. The van der Waals surface area contributed by atoms with E-state index in [2.05, 4.69) is 34.6 Å². The number of carbonyl (C=O) groups excluding carboxylic acids is 1. The van der Waals surface area contributed by atoms with Crippen LogP contribution in [0, 0.1) is 0 Å². The number of aliphatic imine (C=N–C) groups is 1. The van der Waals surface area contributed by atoms with Crippen LogP contribution in [0.4, 0.5) is 24.5 Å². The summed E-state index contributed by atoms with van der Waals surface area (Å²) in [5.41, 5.74) is -2.07. The van der Waals surface area contributed by atoms with Crippen molar-refractivity contribution in [1.82, 2.24) is 5.32 Å². The SMILES string of the molecule is O=C1NC(=Nc2ccc(NS(=O)(=O)C(F)(F)F)cc2)SC1=Cc1ccc(OCc2ccc(C3CCCCC3)cc2)cc1. The van der Waals surface area contributed by atoms with E-state index in [0.29, 0.717) is 28.9 Å². The molecule has 1 aliphatic heterocycles. The van der Waals surface area contributed by atoms with Gasteiger partial charge in [0.1, 0.15) is 12.4 Å². The fourth-order valence-electron chi connectivity index (χ4n) is 4.72. The van der Waals surface area contributed by atoms with Crippen LogP contribution in [0.1, 0.15) is 54.7 Å². The lowest BCUT2D eigenvalue weighted by molar-refractivity contribution is -0.115. The molecule has 1 saturated heterocycles. The number of nitrogens with zero attached hydrogens (tertiary/aromatic N) is 1. The average molecular weight is 616 g/mol. The second-order valence-electron chi connectivity index (χ2n) is 10.0. The summed E-state index contributed by atoms with van der Waals surface area (Å²) in [6, 6.07) is 21.0. The Balaban J connectivity index is 1.15. The first-order chi connectivity index (χ1) is 20.1. The van der Waals surface area contributed by atoms with Gasteiger partial charge in [-0.15, -0.1) is 0 Å². The Kier molecular flexibility index (Phi) is 8.93. The van der Waals surface area contributed by atoms with E-state index in [1.165, 1.54) is 54.5 Å². The zero-order chi connectivity index (χ0) is 29.7. The maximum absolute atomic E-state index is 12.6. The number of amides is 1. The molecule has 3 aromatic carbocycles. The molecule has 220 valence electrons. The first kappa shape index (κ1) is 29.7. The normalized spacial score (nSPS) is 18.3. The Morgan fingerprint density at radius 2 is 1.62 bits per heavy atom. The van der Waals surface area contributed by atoms with Crippen LogP contribution in [0.3, 0.4) is 0 Å². The number of hydrogen-bond acceptors (Lipinski definition) is 6. The molecule has 1 saturated carbocycles. The van der Waals surface area contributed by atoms with Crippen molar-refractivity contribution in [3.63, 3.8) is 0 Å². The highest BCUT2D eigenvalue weighted by molar-refractivity contribution is 8.18. The van der Waals surface area contributed by atoms with Crippen molar-refractivity contribution in [2.24, 2.45) is 4.99 Å². The van der Waals surface area contributed by atoms with Crippen molar-refractivity contribution in [3.8, 4) is 5.75 Å². The summed E-state index contributed by atoms with van der Waals surface area (Å²) < 4.78 is 67.5. The van der Waals surface area contributed by atoms with Crippen LogP contribution in [0.25, 0.3) is 6.08 Å². The van der Waals surface area contributed by atoms with Gasteiger partial charge in [-0.3, -0.25) is 9.52 Å². The topological polar surface area (TPSA) is 96.9 Å². The maximum atomic E-state index is 12.6. The molecule has 3 aromatic rings. The lowest BCUT2D eigenvalue weighted by Gasteiger charge is -2.22. The van der Waals surface area contributed by atoms with Gasteiger partial charge in [0.25, 0.3) is 5.91 Å². The largest absolute Gasteiger partial charge is 0.516 e. The number of thioether (sulfide) groups is 1. The van der Waals surface area contributed by atoms with Crippen LogP contribution in [-0.2, 0) is 21.4 Å². The molecule has 5 rings (SSSR count). The van der Waals surface area contributed by atoms with Crippen molar-refractivity contribution < 1.29 is 31.1 Å². The number of amidine groups is 1. The van der Waals surface area contributed by atoms with Gasteiger partial charge in [0.05, 0.1) is 10.6 Å². The fourth-order valence-corrected chi connectivity index (χ4v) is 6.12. The van der Waals surface area contributed by atoms with E-state index in [0.717, 1.165) is 35.0 Å². The van der Waals surface area contributed by atoms with Crippen LogP contribution in [-0.4, -0.2) is 25.0 Å². The molecule has 7 nitrogen and oxygen atoms in total. The van der Waals surface area contributed by atoms with Crippen LogP contribution >= 0.6 is 11.8 Å². The molecule has 1 aliphatic carbocycles. The number of rotatable bonds is 8. The van der Waals surface area contributed by atoms with Crippen LogP contribution in [0.5, 0.6) is 5.75 Å². The molecule has 12 heteroatoms. The summed E-state index contributed by atoms with van der Waals surface area (Å²) >= 11 is 1.11. The predicted molar refractivity (Wildman–Crippen MR) is 159 cm³/mol. The molecule has 0 unspecified atom stereocenters. The number of benzene rings is 3. The summed E-state index contributed by atoms with van der Waals surface area (Å²) in [6.07, 6.45) is 8.21. The summed E-state index contributed by atoms with van der Waals surface area (Å²) in [5.74, 6) is 1.04. The third-order valence-electron chi connectivity index (χ3n) is 6.95. The Hall–Kier alpha value is -3.77. The molecular weight excluding hydrogens is 587 g/mol. The fraction of sp³-hybridized carbons (Fsp3) is 0.267. The number of sulfonamides is 1. The van der Waals surface area contributed by atoms with Gasteiger partial charge in [0, 0.05) is 5.69 Å². The molecule has 1 amide bonds. The number of anilines is 1. The van der Waals surface area contributed by atoms with Gasteiger partial charge in [-0.1, -0.05) is 55.7 Å². The first-order valence-corrected chi connectivity index (χ1v) is 15.7. The molecule has 42 heavy (non-hydrogen) atoms. The van der Waals surface area contributed by atoms with Crippen LogP contribution in [0.15, 0.2) is 82.7 Å². The third-order valence-corrected chi connectivity index (χ3v) is 8.97. The van der Waals surface area contributed by atoms with E-state index in [4.69, 9.17) is 4.74 Å². The van der Waals surface area contributed by atoms with Gasteiger partial charge in [-0.25, -0.2) is 4.99 Å². The standard InChI is InChI=1S/C30H28F3N3O4S2/c31-30(32,33)42(38,39)36-25-14-12-24(13-15-25)34-29-35-28(37)27(41-29)18-20-8-16-26(17-9-20)40-19-21-6-10-23(11-7-21)22-4-2-1-3-5-22/h6-18,22,36H,1-5,19H2,(H,34,35,37). The van der Waals surface area contributed by atoms with Crippen molar-refractivity contribution in [1.29, 1.82) is 0 Å². The number of hydrogen-bond donors (Lipinski definition) is 2. The number of ether oxygens (including phenoxy) is 1. The van der Waals surface area contributed by atoms with Gasteiger partial charge >= 0.3 is 15.5 Å².